The van der Waals surface area contributed by atoms with Gasteiger partial charge in [-0.25, -0.2) is 4.79 Å². The van der Waals surface area contributed by atoms with Gasteiger partial charge in [0.2, 0.25) is 0 Å². The predicted octanol–water partition coefficient (Wildman–Crippen LogP) is 4.57. The monoisotopic (exact) mass is 289 g/mol. The van der Waals surface area contributed by atoms with Crippen LogP contribution in [0.15, 0.2) is 30.8 Å². The van der Waals surface area contributed by atoms with Crippen molar-refractivity contribution in [3.63, 3.8) is 0 Å². The van der Waals surface area contributed by atoms with Gasteiger partial charge in [-0.15, -0.1) is 0 Å². The molecule has 0 aromatic heterocycles. The van der Waals surface area contributed by atoms with E-state index in [1.807, 2.05) is 20.8 Å². The van der Waals surface area contributed by atoms with Crippen LogP contribution in [0, 0.1) is 0 Å². The minimum atomic E-state index is -0.480. The highest BCUT2D eigenvalue weighted by Crippen LogP contribution is 2.14. The molecule has 0 radical (unpaired) electrons. The van der Waals surface area contributed by atoms with E-state index in [0.717, 1.165) is 17.6 Å². The van der Waals surface area contributed by atoms with E-state index in [9.17, 15) is 4.79 Å². The van der Waals surface area contributed by atoms with Gasteiger partial charge < -0.3 is 10.1 Å². The van der Waals surface area contributed by atoms with Crippen LogP contribution in [0.3, 0.4) is 0 Å². The highest BCUT2D eigenvalue weighted by molar-refractivity contribution is 5.73. The number of amides is 1. The van der Waals surface area contributed by atoms with E-state index in [-0.39, 0.29) is 0 Å². The van der Waals surface area contributed by atoms with Gasteiger partial charge in [-0.05, 0) is 50.3 Å². The first kappa shape index (κ1) is 17.3. The van der Waals surface area contributed by atoms with Crippen molar-refractivity contribution in [3.05, 3.63) is 42.0 Å². The van der Waals surface area contributed by atoms with E-state index in [2.05, 4.69) is 43.1 Å². The molecule has 1 aromatic carbocycles. The van der Waals surface area contributed by atoms with Gasteiger partial charge in [0.05, 0.1) is 0 Å². The fraction of sp³-hybridized carbons (Fsp3) is 0.500. The molecule has 0 saturated carbocycles. The van der Waals surface area contributed by atoms with Crippen LogP contribution in [-0.2, 0) is 11.2 Å². The van der Waals surface area contributed by atoms with E-state index >= 15 is 0 Å². The number of rotatable bonds is 6. The van der Waals surface area contributed by atoms with Crippen molar-refractivity contribution in [1.82, 2.24) is 5.32 Å². The zero-order valence-corrected chi connectivity index (χ0v) is 13.7. The highest BCUT2D eigenvalue weighted by Gasteiger charge is 2.15. The van der Waals surface area contributed by atoms with Crippen LogP contribution in [0.25, 0.3) is 5.57 Å². The first-order valence-electron chi connectivity index (χ1n) is 7.56. The summed E-state index contributed by atoms with van der Waals surface area (Å²) in [6.45, 7) is 12.1. The number of hydrogen-bond acceptors (Lipinski definition) is 2. The third-order valence-corrected chi connectivity index (χ3v) is 3.03. The van der Waals surface area contributed by atoms with Crippen LogP contribution in [-0.4, -0.2) is 18.2 Å². The first-order valence-corrected chi connectivity index (χ1v) is 7.56. The average Bonchev–Trinajstić information content (AvgIpc) is 2.41. The zero-order chi connectivity index (χ0) is 15.9. The van der Waals surface area contributed by atoms with Crippen LogP contribution in [0.1, 0.15) is 51.7 Å². The Morgan fingerprint density at radius 2 is 1.86 bits per heavy atom. The van der Waals surface area contributed by atoms with Gasteiger partial charge in [0.15, 0.2) is 0 Å². The molecule has 0 bridgehead atoms. The Morgan fingerprint density at radius 3 is 2.38 bits per heavy atom. The van der Waals surface area contributed by atoms with Crippen LogP contribution in [0.5, 0.6) is 0 Å². The quantitative estimate of drug-likeness (QED) is 0.833. The third-order valence-electron chi connectivity index (χ3n) is 3.03. The van der Waals surface area contributed by atoms with Gasteiger partial charge in [-0.3, -0.25) is 0 Å². The van der Waals surface area contributed by atoms with Crippen LogP contribution < -0.4 is 5.32 Å². The van der Waals surface area contributed by atoms with E-state index < -0.39 is 11.7 Å². The summed E-state index contributed by atoms with van der Waals surface area (Å²) < 4.78 is 5.20. The van der Waals surface area contributed by atoms with E-state index in [1.165, 1.54) is 18.4 Å². The summed E-state index contributed by atoms with van der Waals surface area (Å²) in [5.74, 6) is 0. The summed E-state index contributed by atoms with van der Waals surface area (Å²) >= 11 is 0. The lowest BCUT2D eigenvalue weighted by Crippen LogP contribution is -2.33. The molecule has 3 heteroatoms. The van der Waals surface area contributed by atoms with Crippen LogP contribution in [0.4, 0.5) is 4.79 Å². The number of unbranched alkanes of at least 4 members (excludes halogenated alkanes) is 1. The second-order valence-electron chi connectivity index (χ2n) is 6.26. The number of hydrogen-bond donors (Lipinski definition) is 1. The van der Waals surface area contributed by atoms with E-state index in [1.54, 1.807) is 0 Å². The number of carbonyl (C=O) groups is 1. The number of benzene rings is 1. The maximum absolute atomic E-state index is 11.6. The fourth-order valence-electron chi connectivity index (χ4n) is 1.88. The predicted molar refractivity (Wildman–Crippen MR) is 88.3 cm³/mol. The Labute approximate surface area is 128 Å². The summed E-state index contributed by atoms with van der Waals surface area (Å²) in [4.78, 5) is 11.6. The molecule has 1 aromatic rings. The largest absolute Gasteiger partial charge is 0.444 e. The summed E-state index contributed by atoms with van der Waals surface area (Å²) in [6.07, 6.45) is 3.11. The normalized spacial score (nSPS) is 11.0. The van der Waals surface area contributed by atoms with Crippen molar-refractivity contribution < 1.29 is 9.53 Å². The molecule has 1 N–H and O–H groups in total. The molecule has 1 rings (SSSR count). The van der Waals surface area contributed by atoms with Crippen molar-refractivity contribution in [1.29, 1.82) is 0 Å². The maximum atomic E-state index is 11.6. The van der Waals surface area contributed by atoms with Crippen molar-refractivity contribution >= 4 is 11.7 Å². The Balaban J connectivity index is 2.47. The number of ether oxygens (including phenoxy) is 1. The molecule has 0 atom stereocenters. The van der Waals surface area contributed by atoms with Crippen LogP contribution in [0.2, 0.25) is 0 Å². The molecule has 0 spiro atoms. The van der Waals surface area contributed by atoms with Crippen LogP contribution >= 0.6 is 0 Å². The van der Waals surface area contributed by atoms with Gasteiger partial charge in [-0.2, -0.15) is 0 Å². The maximum Gasteiger partial charge on any atom is 0.407 e. The van der Waals surface area contributed by atoms with E-state index in [4.69, 9.17) is 4.74 Å². The van der Waals surface area contributed by atoms with E-state index in [0.29, 0.717) is 6.54 Å². The summed E-state index contributed by atoms with van der Waals surface area (Å²) in [7, 11) is 0. The van der Waals surface area contributed by atoms with Crippen molar-refractivity contribution in [2.24, 2.45) is 0 Å². The lowest BCUT2D eigenvalue weighted by atomic mass is 10.0. The SMILES string of the molecule is C=C(CNC(=O)OC(C)(C)C)c1ccc(CCCC)cc1. The molecule has 0 unspecified atom stereocenters. The minimum Gasteiger partial charge on any atom is -0.444 e. The molecular formula is C18H27NO2. The summed E-state index contributed by atoms with van der Waals surface area (Å²) in [5, 5.41) is 2.73. The molecule has 1 amide bonds. The lowest BCUT2D eigenvalue weighted by Gasteiger charge is -2.20. The third kappa shape index (κ3) is 6.98. The second kappa shape index (κ2) is 7.87. The molecule has 0 saturated heterocycles. The van der Waals surface area contributed by atoms with Crippen molar-refractivity contribution in [2.45, 2.75) is 52.6 Å². The Kier molecular flexibility index (Phi) is 6.47. The number of alkyl carbamates (subject to hydrolysis) is 1. The average molecular weight is 289 g/mol. The smallest absolute Gasteiger partial charge is 0.407 e. The van der Waals surface area contributed by atoms with Gasteiger partial charge in [-0.1, -0.05) is 44.2 Å². The molecule has 0 heterocycles. The van der Waals surface area contributed by atoms with Gasteiger partial charge in [0, 0.05) is 6.54 Å². The molecule has 0 aliphatic heterocycles. The molecule has 0 fully saturated rings. The number of nitrogens with one attached hydrogen (secondary N) is 1. The van der Waals surface area contributed by atoms with Crippen molar-refractivity contribution in [3.8, 4) is 0 Å². The number of carbonyl (C=O) groups excluding carboxylic acids is 1. The van der Waals surface area contributed by atoms with Gasteiger partial charge in [0.1, 0.15) is 5.60 Å². The fourth-order valence-corrected chi connectivity index (χ4v) is 1.88. The molecule has 0 aliphatic carbocycles. The molecule has 3 nitrogen and oxygen atoms in total. The van der Waals surface area contributed by atoms with Crippen molar-refractivity contribution in [2.75, 3.05) is 6.54 Å². The molecular weight excluding hydrogens is 262 g/mol. The highest BCUT2D eigenvalue weighted by atomic mass is 16.6. The first-order chi connectivity index (χ1) is 9.81. The Morgan fingerprint density at radius 1 is 1.24 bits per heavy atom. The zero-order valence-electron chi connectivity index (χ0n) is 13.7. The van der Waals surface area contributed by atoms with Gasteiger partial charge in [0.25, 0.3) is 0 Å². The Hall–Kier alpha value is -1.77. The topological polar surface area (TPSA) is 38.3 Å². The number of aryl methyl sites for hydroxylation is 1. The Bertz CT molecular complexity index is 469. The molecule has 116 valence electrons. The lowest BCUT2D eigenvalue weighted by molar-refractivity contribution is 0.0535. The molecule has 21 heavy (non-hydrogen) atoms. The van der Waals surface area contributed by atoms with Gasteiger partial charge >= 0.3 is 6.09 Å². The standard InChI is InChI=1S/C18H27NO2/c1-6-7-8-15-9-11-16(12-10-15)14(2)13-19-17(20)21-18(3,4)5/h9-12H,2,6-8,13H2,1,3-5H3,(H,19,20). The second-order valence-corrected chi connectivity index (χ2v) is 6.26. The molecule has 0 aliphatic rings. The summed E-state index contributed by atoms with van der Waals surface area (Å²) in [5.41, 5.74) is 2.79. The minimum absolute atomic E-state index is 0.392. The summed E-state index contributed by atoms with van der Waals surface area (Å²) in [6, 6.07) is 8.38.